The standard InChI is InChI=1S/C11H18N2O2/c1-4-13(9(2)7-15-3)10(14)11(8-12)5-6-11/h9H,4-7H2,1-3H3. The first-order valence-corrected chi connectivity index (χ1v) is 5.32. The Balaban J connectivity index is 2.67. The number of likely N-dealkylation sites (N-methyl/N-ethyl adjacent to an activating group) is 1. The Morgan fingerprint density at radius 3 is 2.60 bits per heavy atom. The molecule has 1 atom stereocenters. The summed E-state index contributed by atoms with van der Waals surface area (Å²) in [6, 6.07) is 2.17. The maximum Gasteiger partial charge on any atom is 0.243 e. The minimum atomic E-state index is -0.710. The van der Waals surface area contributed by atoms with E-state index in [9.17, 15) is 4.79 Å². The highest BCUT2D eigenvalue weighted by Crippen LogP contribution is 2.46. The second-order valence-corrected chi connectivity index (χ2v) is 4.09. The third-order valence-corrected chi connectivity index (χ3v) is 2.91. The van der Waals surface area contributed by atoms with Crippen molar-refractivity contribution in [3.63, 3.8) is 0 Å². The summed E-state index contributed by atoms with van der Waals surface area (Å²) in [5, 5.41) is 8.95. The molecule has 1 aliphatic carbocycles. The number of methoxy groups -OCH3 is 1. The van der Waals surface area contributed by atoms with Crippen molar-refractivity contribution in [1.29, 1.82) is 5.26 Å². The molecule has 0 aromatic rings. The van der Waals surface area contributed by atoms with Gasteiger partial charge in [0.15, 0.2) is 0 Å². The third kappa shape index (κ3) is 2.29. The smallest absolute Gasteiger partial charge is 0.243 e. The van der Waals surface area contributed by atoms with E-state index in [1.54, 1.807) is 12.0 Å². The molecule has 0 saturated heterocycles. The Kier molecular flexibility index (Phi) is 3.70. The van der Waals surface area contributed by atoms with Crippen molar-refractivity contribution < 1.29 is 9.53 Å². The summed E-state index contributed by atoms with van der Waals surface area (Å²) in [6.45, 7) is 5.02. The number of carbonyl (C=O) groups is 1. The molecule has 4 heteroatoms. The summed E-state index contributed by atoms with van der Waals surface area (Å²) in [5.74, 6) is -0.0305. The number of rotatable bonds is 5. The van der Waals surface area contributed by atoms with E-state index in [1.807, 2.05) is 13.8 Å². The zero-order chi connectivity index (χ0) is 11.5. The molecule has 1 fully saturated rings. The van der Waals surface area contributed by atoms with E-state index in [0.29, 0.717) is 26.0 Å². The average molecular weight is 210 g/mol. The van der Waals surface area contributed by atoms with Crippen LogP contribution < -0.4 is 0 Å². The fourth-order valence-corrected chi connectivity index (χ4v) is 1.76. The predicted octanol–water partition coefficient (Wildman–Crippen LogP) is 1.17. The number of ether oxygens (including phenoxy) is 1. The van der Waals surface area contributed by atoms with Crippen molar-refractivity contribution in [3.05, 3.63) is 0 Å². The Hall–Kier alpha value is -1.08. The maximum absolute atomic E-state index is 12.1. The molecule has 1 unspecified atom stereocenters. The molecule has 0 aliphatic heterocycles. The molecule has 0 bridgehead atoms. The number of nitrogens with zero attached hydrogens (tertiary/aromatic N) is 2. The molecule has 0 aromatic carbocycles. The van der Waals surface area contributed by atoms with Gasteiger partial charge in [0.05, 0.1) is 18.7 Å². The van der Waals surface area contributed by atoms with Gasteiger partial charge < -0.3 is 9.64 Å². The SMILES string of the molecule is CCN(C(=O)C1(C#N)CC1)C(C)COC. The van der Waals surface area contributed by atoms with Crippen LogP contribution in [-0.4, -0.2) is 37.1 Å². The molecule has 1 aliphatic rings. The first-order valence-electron chi connectivity index (χ1n) is 5.32. The lowest BCUT2D eigenvalue weighted by Gasteiger charge is -2.29. The van der Waals surface area contributed by atoms with E-state index < -0.39 is 5.41 Å². The van der Waals surface area contributed by atoms with Gasteiger partial charge in [0.1, 0.15) is 5.41 Å². The van der Waals surface area contributed by atoms with E-state index in [-0.39, 0.29) is 11.9 Å². The fraction of sp³-hybridized carbons (Fsp3) is 0.818. The number of carbonyl (C=O) groups excluding carboxylic acids is 1. The van der Waals surface area contributed by atoms with Gasteiger partial charge in [-0.2, -0.15) is 5.26 Å². The molecule has 1 rings (SSSR count). The Morgan fingerprint density at radius 2 is 2.27 bits per heavy atom. The molecule has 0 N–H and O–H groups in total. The number of amides is 1. The Labute approximate surface area is 90.8 Å². The normalized spacial score (nSPS) is 19.1. The van der Waals surface area contributed by atoms with Crippen molar-refractivity contribution >= 4 is 5.91 Å². The van der Waals surface area contributed by atoms with Crippen LogP contribution in [0.1, 0.15) is 26.7 Å². The highest BCUT2D eigenvalue weighted by molar-refractivity contribution is 5.88. The van der Waals surface area contributed by atoms with Crippen LogP contribution in [0.5, 0.6) is 0 Å². The van der Waals surface area contributed by atoms with Crippen LogP contribution in [0.2, 0.25) is 0 Å². The molecule has 0 radical (unpaired) electrons. The highest BCUT2D eigenvalue weighted by Gasteiger charge is 2.52. The third-order valence-electron chi connectivity index (χ3n) is 2.91. The van der Waals surface area contributed by atoms with Crippen molar-refractivity contribution in [1.82, 2.24) is 4.90 Å². The van der Waals surface area contributed by atoms with E-state index in [4.69, 9.17) is 10.00 Å². The first-order chi connectivity index (χ1) is 7.11. The Bertz CT molecular complexity index is 279. The second kappa shape index (κ2) is 4.63. The zero-order valence-corrected chi connectivity index (χ0v) is 9.62. The Morgan fingerprint density at radius 1 is 1.67 bits per heavy atom. The summed E-state index contributed by atoms with van der Waals surface area (Å²) in [5.41, 5.74) is -0.710. The van der Waals surface area contributed by atoms with Crippen LogP contribution in [0.25, 0.3) is 0 Å². The van der Waals surface area contributed by atoms with E-state index in [2.05, 4.69) is 6.07 Å². The van der Waals surface area contributed by atoms with Crippen LogP contribution in [0.3, 0.4) is 0 Å². The lowest BCUT2D eigenvalue weighted by molar-refractivity contribution is -0.137. The molecule has 0 aromatic heterocycles. The molecule has 4 nitrogen and oxygen atoms in total. The molecule has 1 saturated carbocycles. The summed E-state index contributed by atoms with van der Waals surface area (Å²) in [6.07, 6.45) is 1.41. The highest BCUT2D eigenvalue weighted by atomic mass is 16.5. The minimum absolute atomic E-state index is 0.0305. The lowest BCUT2D eigenvalue weighted by atomic mass is 10.1. The number of hydrogen-bond donors (Lipinski definition) is 0. The molecule has 1 amide bonds. The maximum atomic E-state index is 12.1. The topological polar surface area (TPSA) is 53.3 Å². The van der Waals surface area contributed by atoms with Crippen LogP contribution in [0.15, 0.2) is 0 Å². The zero-order valence-electron chi connectivity index (χ0n) is 9.62. The van der Waals surface area contributed by atoms with E-state index in [0.717, 1.165) is 0 Å². The quantitative estimate of drug-likeness (QED) is 0.684. The first kappa shape index (κ1) is 12.0. The van der Waals surface area contributed by atoms with Gasteiger partial charge >= 0.3 is 0 Å². The number of nitriles is 1. The van der Waals surface area contributed by atoms with Crippen LogP contribution >= 0.6 is 0 Å². The van der Waals surface area contributed by atoms with Crippen molar-refractivity contribution in [2.45, 2.75) is 32.7 Å². The summed E-state index contributed by atoms with van der Waals surface area (Å²) < 4.78 is 5.03. The second-order valence-electron chi connectivity index (χ2n) is 4.09. The van der Waals surface area contributed by atoms with Crippen molar-refractivity contribution in [2.24, 2.45) is 5.41 Å². The molecular formula is C11H18N2O2. The molecule has 15 heavy (non-hydrogen) atoms. The van der Waals surface area contributed by atoms with Gasteiger partial charge in [-0.05, 0) is 26.7 Å². The van der Waals surface area contributed by atoms with Gasteiger partial charge in [0.25, 0.3) is 0 Å². The van der Waals surface area contributed by atoms with Gasteiger partial charge in [0, 0.05) is 13.7 Å². The van der Waals surface area contributed by atoms with Crippen molar-refractivity contribution in [3.8, 4) is 6.07 Å². The predicted molar refractivity (Wildman–Crippen MR) is 56.0 cm³/mol. The minimum Gasteiger partial charge on any atom is -0.383 e. The van der Waals surface area contributed by atoms with Gasteiger partial charge in [-0.3, -0.25) is 4.79 Å². The largest absolute Gasteiger partial charge is 0.383 e. The van der Waals surface area contributed by atoms with Gasteiger partial charge in [-0.1, -0.05) is 0 Å². The van der Waals surface area contributed by atoms with Crippen LogP contribution in [0, 0.1) is 16.7 Å². The molecular weight excluding hydrogens is 192 g/mol. The van der Waals surface area contributed by atoms with E-state index >= 15 is 0 Å². The van der Waals surface area contributed by atoms with Gasteiger partial charge in [-0.25, -0.2) is 0 Å². The lowest BCUT2D eigenvalue weighted by Crippen LogP contribution is -2.44. The number of hydrogen-bond acceptors (Lipinski definition) is 3. The molecule has 84 valence electrons. The van der Waals surface area contributed by atoms with Crippen LogP contribution in [-0.2, 0) is 9.53 Å². The molecule has 0 spiro atoms. The summed E-state index contributed by atoms with van der Waals surface area (Å²) in [4.78, 5) is 13.8. The van der Waals surface area contributed by atoms with E-state index in [1.165, 1.54) is 0 Å². The van der Waals surface area contributed by atoms with Gasteiger partial charge in [0.2, 0.25) is 5.91 Å². The summed E-state index contributed by atoms with van der Waals surface area (Å²) >= 11 is 0. The fourth-order valence-electron chi connectivity index (χ4n) is 1.76. The van der Waals surface area contributed by atoms with Crippen molar-refractivity contribution in [2.75, 3.05) is 20.3 Å². The van der Waals surface area contributed by atoms with Gasteiger partial charge in [-0.15, -0.1) is 0 Å². The average Bonchev–Trinajstić information content (AvgIpc) is 2.99. The van der Waals surface area contributed by atoms with Crippen LogP contribution in [0.4, 0.5) is 0 Å². The molecule has 0 heterocycles. The monoisotopic (exact) mass is 210 g/mol. The summed E-state index contributed by atoms with van der Waals surface area (Å²) in [7, 11) is 1.62.